The van der Waals surface area contributed by atoms with Gasteiger partial charge in [-0.05, 0) is 53.8 Å². The van der Waals surface area contributed by atoms with Gasteiger partial charge in [0.1, 0.15) is 0 Å². The Balaban J connectivity index is 2.23. The van der Waals surface area contributed by atoms with Gasteiger partial charge >= 0.3 is 0 Å². The molecule has 21 heavy (non-hydrogen) atoms. The number of carbonyl (C=O) groups excluding carboxylic acids is 1. The van der Waals surface area contributed by atoms with Crippen molar-refractivity contribution in [3.63, 3.8) is 0 Å². The van der Waals surface area contributed by atoms with Gasteiger partial charge in [-0.25, -0.2) is 0 Å². The molecule has 0 aliphatic heterocycles. The van der Waals surface area contributed by atoms with Crippen LogP contribution in [0.4, 0.5) is 5.69 Å². The number of non-ortho nitro benzene ring substituents is 1. The second kappa shape index (κ2) is 6.72. The van der Waals surface area contributed by atoms with Gasteiger partial charge in [0.05, 0.1) is 10.5 Å². The summed E-state index contributed by atoms with van der Waals surface area (Å²) in [5.74, 6) is 0.453. The topological polar surface area (TPSA) is 63.5 Å². The van der Waals surface area contributed by atoms with E-state index in [0.29, 0.717) is 17.5 Å². The van der Waals surface area contributed by atoms with Crippen LogP contribution in [0.3, 0.4) is 0 Å². The molecule has 5 nitrogen and oxygen atoms in total. The third kappa shape index (κ3) is 4.15. The second-order valence-electron chi connectivity index (χ2n) is 5.83. The third-order valence-electron chi connectivity index (χ3n) is 3.59. The first-order chi connectivity index (χ1) is 9.90. The molecule has 1 saturated carbocycles. The molecule has 1 aromatic carbocycles. The van der Waals surface area contributed by atoms with E-state index in [9.17, 15) is 14.9 Å². The van der Waals surface area contributed by atoms with Crippen LogP contribution in [0, 0.1) is 19.6 Å². The van der Waals surface area contributed by atoms with Gasteiger partial charge < -0.3 is 4.90 Å². The molecule has 0 atom stereocenters. The molecule has 114 valence electrons. The van der Waals surface area contributed by atoms with Crippen LogP contribution in [0.2, 0.25) is 0 Å². The Labute approximate surface area is 138 Å². The zero-order chi connectivity index (χ0) is 15.6. The van der Waals surface area contributed by atoms with E-state index in [4.69, 9.17) is 0 Å². The number of halogens is 1. The maximum Gasteiger partial charge on any atom is 0.270 e. The fourth-order valence-corrected chi connectivity index (χ4v) is 2.75. The third-order valence-corrected chi connectivity index (χ3v) is 4.53. The number of benzene rings is 1. The molecule has 0 saturated heterocycles. The summed E-state index contributed by atoms with van der Waals surface area (Å²) in [4.78, 5) is 25.1. The molecule has 2 rings (SSSR count). The minimum Gasteiger partial charge on any atom is -0.336 e. The summed E-state index contributed by atoms with van der Waals surface area (Å²) < 4.78 is 0.762. The Morgan fingerprint density at radius 3 is 2.67 bits per heavy atom. The van der Waals surface area contributed by atoms with Gasteiger partial charge in [0.2, 0.25) is 0 Å². The van der Waals surface area contributed by atoms with Gasteiger partial charge in [0, 0.05) is 28.3 Å². The number of rotatable bonds is 6. The van der Waals surface area contributed by atoms with Crippen LogP contribution in [-0.2, 0) is 0 Å². The van der Waals surface area contributed by atoms with E-state index in [1.54, 1.807) is 6.07 Å². The standard InChI is InChI=1S/C15H19IN2O3/c1-10(2)7-8-17(11-3-4-11)15(19)13-9-12(18(20)21)5-6-14(13)16/h5-6,9-11H,3-4,7-8H2,1-2H3. The lowest BCUT2D eigenvalue weighted by Crippen LogP contribution is -2.35. The monoisotopic (exact) mass is 402 g/mol. The number of nitro benzene ring substituents is 1. The molecule has 0 bridgehead atoms. The van der Waals surface area contributed by atoms with Gasteiger partial charge in [0.25, 0.3) is 11.6 Å². The van der Waals surface area contributed by atoms with Crippen molar-refractivity contribution in [2.75, 3.05) is 6.54 Å². The lowest BCUT2D eigenvalue weighted by atomic mass is 10.1. The van der Waals surface area contributed by atoms with E-state index >= 15 is 0 Å². The number of hydrogen-bond acceptors (Lipinski definition) is 3. The molecule has 0 unspecified atom stereocenters. The van der Waals surface area contributed by atoms with Crippen molar-refractivity contribution in [3.8, 4) is 0 Å². The summed E-state index contributed by atoms with van der Waals surface area (Å²) in [6.45, 7) is 4.99. The number of carbonyl (C=O) groups is 1. The van der Waals surface area contributed by atoms with Gasteiger partial charge in [0.15, 0.2) is 0 Å². The average molecular weight is 402 g/mol. The number of hydrogen-bond donors (Lipinski definition) is 0. The second-order valence-corrected chi connectivity index (χ2v) is 7.00. The minimum absolute atomic E-state index is 0.0293. The smallest absolute Gasteiger partial charge is 0.270 e. The maximum absolute atomic E-state index is 12.7. The van der Waals surface area contributed by atoms with Crippen molar-refractivity contribution in [1.82, 2.24) is 4.90 Å². The van der Waals surface area contributed by atoms with E-state index in [1.165, 1.54) is 12.1 Å². The van der Waals surface area contributed by atoms with Gasteiger partial charge in [-0.2, -0.15) is 0 Å². The highest BCUT2D eigenvalue weighted by atomic mass is 127. The molecule has 1 aromatic rings. The summed E-state index contributed by atoms with van der Waals surface area (Å²) in [5.41, 5.74) is 0.416. The predicted molar refractivity (Wildman–Crippen MR) is 89.3 cm³/mol. The highest BCUT2D eigenvalue weighted by Crippen LogP contribution is 2.30. The minimum atomic E-state index is -0.456. The average Bonchev–Trinajstić information content (AvgIpc) is 3.23. The summed E-state index contributed by atoms with van der Waals surface area (Å²) in [6.07, 6.45) is 3.03. The Morgan fingerprint density at radius 1 is 1.48 bits per heavy atom. The summed E-state index contributed by atoms with van der Waals surface area (Å²) in [6, 6.07) is 4.79. The van der Waals surface area contributed by atoms with Gasteiger partial charge in [-0.15, -0.1) is 0 Å². The molecule has 0 spiro atoms. The van der Waals surface area contributed by atoms with Crippen LogP contribution >= 0.6 is 22.6 Å². The van der Waals surface area contributed by atoms with Crippen LogP contribution in [-0.4, -0.2) is 28.3 Å². The van der Waals surface area contributed by atoms with Crippen LogP contribution in [0.5, 0.6) is 0 Å². The molecular weight excluding hydrogens is 383 g/mol. The number of nitrogens with zero attached hydrogens (tertiary/aromatic N) is 2. The quantitative estimate of drug-likeness (QED) is 0.413. The van der Waals surface area contributed by atoms with E-state index in [1.807, 2.05) is 4.90 Å². The van der Waals surface area contributed by atoms with Crippen LogP contribution in [0.25, 0.3) is 0 Å². The van der Waals surface area contributed by atoms with Gasteiger partial charge in [-0.3, -0.25) is 14.9 Å². The number of nitro groups is 1. The predicted octanol–water partition coefficient (Wildman–Crippen LogP) is 3.85. The molecule has 0 N–H and O–H groups in total. The molecule has 0 aromatic heterocycles. The summed E-state index contributed by atoms with van der Waals surface area (Å²) in [5, 5.41) is 10.9. The van der Waals surface area contributed by atoms with Crippen molar-refractivity contribution in [1.29, 1.82) is 0 Å². The SMILES string of the molecule is CC(C)CCN(C(=O)c1cc([N+](=O)[O-])ccc1I)C1CC1. The molecule has 1 amide bonds. The van der Waals surface area contributed by atoms with E-state index in [2.05, 4.69) is 36.4 Å². The van der Waals surface area contributed by atoms with E-state index < -0.39 is 4.92 Å². The maximum atomic E-state index is 12.7. The largest absolute Gasteiger partial charge is 0.336 e. The Kier molecular flexibility index (Phi) is 5.18. The lowest BCUT2D eigenvalue weighted by Gasteiger charge is -2.24. The van der Waals surface area contributed by atoms with Crippen LogP contribution < -0.4 is 0 Å². The normalized spacial score (nSPS) is 14.3. The molecule has 1 aliphatic rings. The first-order valence-corrected chi connectivity index (χ1v) is 8.23. The van der Waals surface area contributed by atoms with E-state index in [-0.39, 0.29) is 11.6 Å². The fraction of sp³-hybridized carbons (Fsp3) is 0.533. The number of amides is 1. The first-order valence-electron chi connectivity index (χ1n) is 7.15. The molecular formula is C15H19IN2O3. The molecule has 6 heteroatoms. The summed E-state index contributed by atoms with van der Waals surface area (Å²) >= 11 is 2.06. The Morgan fingerprint density at radius 2 is 2.14 bits per heavy atom. The molecule has 1 aliphatic carbocycles. The summed E-state index contributed by atoms with van der Waals surface area (Å²) in [7, 11) is 0. The van der Waals surface area contributed by atoms with Crippen molar-refractivity contribution in [2.45, 2.75) is 39.2 Å². The molecule has 0 heterocycles. The lowest BCUT2D eigenvalue weighted by molar-refractivity contribution is -0.384. The van der Waals surface area contributed by atoms with Gasteiger partial charge in [-0.1, -0.05) is 13.8 Å². The highest BCUT2D eigenvalue weighted by molar-refractivity contribution is 14.1. The molecule has 1 fully saturated rings. The van der Waals surface area contributed by atoms with Crippen LogP contribution in [0.1, 0.15) is 43.5 Å². The fourth-order valence-electron chi connectivity index (χ4n) is 2.18. The zero-order valence-electron chi connectivity index (χ0n) is 12.2. The zero-order valence-corrected chi connectivity index (χ0v) is 14.4. The Bertz CT molecular complexity index is 556. The Hall–Kier alpha value is -1.18. The van der Waals surface area contributed by atoms with Crippen molar-refractivity contribution in [3.05, 3.63) is 37.4 Å². The van der Waals surface area contributed by atoms with Crippen molar-refractivity contribution < 1.29 is 9.72 Å². The van der Waals surface area contributed by atoms with E-state index in [0.717, 1.165) is 29.4 Å². The van der Waals surface area contributed by atoms with Crippen molar-refractivity contribution in [2.24, 2.45) is 5.92 Å². The van der Waals surface area contributed by atoms with Crippen LogP contribution in [0.15, 0.2) is 18.2 Å². The first kappa shape index (κ1) is 16.2. The van der Waals surface area contributed by atoms with Crippen molar-refractivity contribution >= 4 is 34.2 Å². The molecule has 0 radical (unpaired) electrons. The highest BCUT2D eigenvalue weighted by Gasteiger charge is 2.33.